The normalized spacial score (nSPS) is 12.6. The quantitative estimate of drug-likeness (QED) is 0.802. The van der Waals surface area contributed by atoms with Crippen LogP contribution in [0.4, 0.5) is 4.39 Å². The Balaban J connectivity index is 3.02. The van der Waals surface area contributed by atoms with Crippen LogP contribution >= 0.6 is 0 Å². The molecule has 78 valence electrons. The fraction of sp³-hybridized carbons (Fsp3) is 0.455. The van der Waals surface area contributed by atoms with Crippen LogP contribution < -0.4 is 4.74 Å². The first kappa shape index (κ1) is 11.0. The molecule has 1 atom stereocenters. The molecule has 0 bridgehead atoms. The molecule has 0 spiro atoms. The third-order valence-corrected chi connectivity index (χ3v) is 2.10. The number of methoxy groups -OCH3 is 1. The summed E-state index contributed by atoms with van der Waals surface area (Å²) < 4.78 is 17.8. The van der Waals surface area contributed by atoms with E-state index in [0.717, 1.165) is 5.56 Å². The minimum absolute atomic E-state index is 0.455. The Morgan fingerprint density at radius 1 is 1.50 bits per heavy atom. The van der Waals surface area contributed by atoms with E-state index < -0.39 is 12.8 Å². The summed E-state index contributed by atoms with van der Waals surface area (Å²) >= 11 is 0. The van der Waals surface area contributed by atoms with Gasteiger partial charge in [0.15, 0.2) is 0 Å². The summed E-state index contributed by atoms with van der Waals surface area (Å²) in [5.41, 5.74) is 1.35. The van der Waals surface area contributed by atoms with E-state index in [9.17, 15) is 9.50 Å². The van der Waals surface area contributed by atoms with E-state index in [0.29, 0.717) is 17.7 Å². The van der Waals surface area contributed by atoms with Gasteiger partial charge in [-0.1, -0.05) is 12.1 Å². The standard InChI is InChI=1S/C11H15FO2/c1-8(13)6-9-4-3-5-11(14-2)10(9)7-12/h3-5,8,13H,6-7H2,1-2H3. The molecule has 0 amide bonds. The van der Waals surface area contributed by atoms with Crippen LogP contribution in [0, 0.1) is 0 Å². The zero-order valence-corrected chi connectivity index (χ0v) is 8.46. The van der Waals surface area contributed by atoms with E-state index in [1.165, 1.54) is 7.11 Å². The maximum absolute atomic E-state index is 12.7. The highest BCUT2D eigenvalue weighted by Gasteiger charge is 2.10. The van der Waals surface area contributed by atoms with Gasteiger partial charge < -0.3 is 9.84 Å². The lowest BCUT2D eigenvalue weighted by Crippen LogP contribution is -2.07. The summed E-state index contributed by atoms with van der Waals surface area (Å²) in [7, 11) is 1.51. The highest BCUT2D eigenvalue weighted by atomic mass is 19.1. The third kappa shape index (κ3) is 2.45. The van der Waals surface area contributed by atoms with Gasteiger partial charge in [0.2, 0.25) is 0 Å². The van der Waals surface area contributed by atoms with Gasteiger partial charge in [-0.25, -0.2) is 4.39 Å². The SMILES string of the molecule is COc1cccc(CC(C)O)c1CF. The average Bonchev–Trinajstić information content (AvgIpc) is 2.16. The van der Waals surface area contributed by atoms with Crippen molar-refractivity contribution in [1.29, 1.82) is 0 Å². The molecule has 14 heavy (non-hydrogen) atoms. The first-order chi connectivity index (χ1) is 6.69. The predicted octanol–water partition coefficient (Wildman–Crippen LogP) is 2.09. The number of alkyl halides is 1. The highest BCUT2D eigenvalue weighted by molar-refractivity contribution is 5.40. The zero-order valence-electron chi connectivity index (χ0n) is 8.46. The van der Waals surface area contributed by atoms with Crippen LogP contribution in [-0.4, -0.2) is 18.3 Å². The number of rotatable bonds is 4. The van der Waals surface area contributed by atoms with Crippen LogP contribution in [0.2, 0.25) is 0 Å². The Bertz CT molecular complexity index is 297. The van der Waals surface area contributed by atoms with E-state index in [1.54, 1.807) is 19.1 Å². The average molecular weight is 198 g/mol. The van der Waals surface area contributed by atoms with Gasteiger partial charge in [-0.15, -0.1) is 0 Å². The molecule has 1 rings (SSSR count). The molecule has 0 heterocycles. The van der Waals surface area contributed by atoms with Gasteiger partial charge in [-0.05, 0) is 25.0 Å². The molecule has 0 aliphatic rings. The number of ether oxygens (including phenoxy) is 1. The van der Waals surface area contributed by atoms with Gasteiger partial charge in [0, 0.05) is 5.56 Å². The third-order valence-electron chi connectivity index (χ3n) is 2.10. The number of aliphatic hydroxyl groups excluding tert-OH is 1. The van der Waals surface area contributed by atoms with Crippen LogP contribution in [0.3, 0.4) is 0 Å². The number of aliphatic hydroxyl groups is 1. The molecular weight excluding hydrogens is 183 g/mol. The Morgan fingerprint density at radius 3 is 2.71 bits per heavy atom. The maximum Gasteiger partial charge on any atom is 0.124 e. The largest absolute Gasteiger partial charge is 0.496 e. The van der Waals surface area contributed by atoms with Crippen LogP contribution in [0.25, 0.3) is 0 Å². The molecule has 1 aromatic rings. The Labute approximate surface area is 83.3 Å². The highest BCUT2D eigenvalue weighted by Crippen LogP contribution is 2.24. The molecule has 3 heteroatoms. The number of halogens is 1. The van der Waals surface area contributed by atoms with Crippen molar-refractivity contribution >= 4 is 0 Å². The second kappa shape index (κ2) is 4.96. The summed E-state index contributed by atoms with van der Waals surface area (Å²) in [4.78, 5) is 0. The van der Waals surface area contributed by atoms with Gasteiger partial charge in [-0.2, -0.15) is 0 Å². The number of hydrogen-bond acceptors (Lipinski definition) is 2. The minimum atomic E-state index is -0.563. The molecule has 1 aromatic carbocycles. The van der Waals surface area contributed by atoms with Crippen LogP contribution in [0.1, 0.15) is 18.1 Å². The topological polar surface area (TPSA) is 29.5 Å². The van der Waals surface area contributed by atoms with Crippen molar-refractivity contribution in [1.82, 2.24) is 0 Å². The summed E-state index contributed by atoms with van der Waals surface area (Å²) in [6.45, 7) is 1.12. The minimum Gasteiger partial charge on any atom is -0.496 e. The maximum atomic E-state index is 12.7. The van der Waals surface area contributed by atoms with Gasteiger partial charge in [-0.3, -0.25) is 0 Å². The zero-order chi connectivity index (χ0) is 10.6. The lowest BCUT2D eigenvalue weighted by molar-refractivity contribution is 0.195. The molecule has 1 N–H and O–H groups in total. The smallest absolute Gasteiger partial charge is 0.124 e. The lowest BCUT2D eigenvalue weighted by atomic mass is 10.0. The summed E-state index contributed by atoms with van der Waals surface area (Å²) in [5.74, 6) is 0.547. The monoisotopic (exact) mass is 198 g/mol. The summed E-state index contributed by atoms with van der Waals surface area (Å²) in [6, 6.07) is 5.33. The van der Waals surface area contributed by atoms with Gasteiger partial charge >= 0.3 is 0 Å². The number of benzene rings is 1. The number of hydrogen-bond donors (Lipinski definition) is 1. The molecular formula is C11H15FO2. The van der Waals surface area contributed by atoms with E-state index in [2.05, 4.69) is 0 Å². The molecule has 0 fully saturated rings. The van der Waals surface area contributed by atoms with Crippen molar-refractivity contribution in [2.45, 2.75) is 26.1 Å². The predicted molar refractivity (Wildman–Crippen MR) is 53.2 cm³/mol. The molecule has 1 unspecified atom stereocenters. The fourth-order valence-corrected chi connectivity index (χ4v) is 1.46. The Kier molecular flexibility index (Phi) is 3.89. The van der Waals surface area contributed by atoms with Crippen molar-refractivity contribution < 1.29 is 14.2 Å². The van der Waals surface area contributed by atoms with E-state index in [1.807, 2.05) is 6.07 Å². The van der Waals surface area contributed by atoms with E-state index in [-0.39, 0.29) is 0 Å². The lowest BCUT2D eigenvalue weighted by Gasteiger charge is -2.12. The van der Waals surface area contributed by atoms with Crippen molar-refractivity contribution in [3.05, 3.63) is 29.3 Å². The summed E-state index contributed by atoms with van der Waals surface area (Å²) in [6.07, 6.45) is -0.0105. The first-order valence-corrected chi connectivity index (χ1v) is 4.57. The molecule has 0 saturated carbocycles. The summed E-state index contributed by atoms with van der Waals surface area (Å²) in [5, 5.41) is 9.23. The molecule has 2 nitrogen and oxygen atoms in total. The first-order valence-electron chi connectivity index (χ1n) is 4.57. The van der Waals surface area contributed by atoms with Crippen LogP contribution in [-0.2, 0) is 13.1 Å². The molecule has 0 aromatic heterocycles. The fourth-order valence-electron chi connectivity index (χ4n) is 1.46. The molecule has 0 radical (unpaired) electrons. The van der Waals surface area contributed by atoms with E-state index in [4.69, 9.17) is 4.74 Å². The second-order valence-electron chi connectivity index (χ2n) is 3.28. The van der Waals surface area contributed by atoms with Crippen molar-refractivity contribution in [2.75, 3.05) is 7.11 Å². The van der Waals surface area contributed by atoms with Crippen molar-refractivity contribution in [2.24, 2.45) is 0 Å². The van der Waals surface area contributed by atoms with Crippen molar-refractivity contribution in [3.63, 3.8) is 0 Å². The van der Waals surface area contributed by atoms with Crippen LogP contribution in [0.15, 0.2) is 18.2 Å². The van der Waals surface area contributed by atoms with Gasteiger partial charge in [0.05, 0.1) is 13.2 Å². The molecule has 0 saturated heterocycles. The Morgan fingerprint density at radius 2 is 2.21 bits per heavy atom. The second-order valence-corrected chi connectivity index (χ2v) is 3.28. The van der Waals surface area contributed by atoms with Gasteiger partial charge in [0.25, 0.3) is 0 Å². The Hall–Kier alpha value is -1.09. The van der Waals surface area contributed by atoms with E-state index >= 15 is 0 Å². The van der Waals surface area contributed by atoms with Gasteiger partial charge in [0.1, 0.15) is 12.4 Å². The van der Waals surface area contributed by atoms with Crippen molar-refractivity contribution in [3.8, 4) is 5.75 Å². The van der Waals surface area contributed by atoms with Crippen LogP contribution in [0.5, 0.6) is 5.75 Å². The molecule has 0 aliphatic carbocycles. The molecule has 0 aliphatic heterocycles.